The third-order valence-electron chi connectivity index (χ3n) is 5.11. The molecular formula is C20H22N4O2. The van der Waals surface area contributed by atoms with Gasteiger partial charge in [0.25, 0.3) is 0 Å². The number of hydrogen-bond donors (Lipinski definition) is 2. The standard InChI is InChI=1S/C20H22N4O2/c25-17-10-15(11-17)18(9-14-4-6-21-7-5-14)23-20(26)12-16-13-22-19-3-1-2-8-24(16)19/h1-8,13,15,17-18,25H,9-12H2,(H,23,26)/t15?,17?,18-/m0/s1. The van der Waals surface area contributed by atoms with Gasteiger partial charge in [-0.15, -0.1) is 0 Å². The average molecular weight is 350 g/mol. The number of aliphatic hydroxyl groups is 1. The van der Waals surface area contributed by atoms with Crippen LogP contribution >= 0.6 is 0 Å². The first-order valence-electron chi connectivity index (χ1n) is 8.96. The predicted octanol–water partition coefficient (Wildman–Crippen LogP) is 1.77. The number of pyridine rings is 2. The van der Waals surface area contributed by atoms with Gasteiger partial charge in [0.2, 0.25) is 5.91 Å². The third kappa shape index (κ3) is 3.60. The molecule has 3 aromatic heterocycles. The van der Waals surface area contributed by atoms with Gasteiger partial charge in [0.05, 0.1) is 18.2 Å². The minimum absolute atomic E-state index is 0.0175. The lowest BCUT2D eigenvalue weighted by molar-refractivity contribution is -0.122. The number of hydrogen-bond acceptors (Lipinski definition) is 4. The predicted molar refractivity (Wildman–Crippen MR) is 97.5 cm³/mol. The van der Waals surface area contributed by atoms with E-state index in [0.717, 1.165) is 36.2 Å². The highest BCUT2D eigenvalue weighted by Crippen LogP contribution is 2.31. The number of rotatable bonds is 6. The van der Waals surface area contributed by atoms with Crippen molar-refractivity contribution < 1.29 is 9.90 Å². The Balaban J connectivity index is 1.45. The van der Waals surface area contributed by atoms with E-state index in [2.05, 4.69) is 15.3 Å². The van der Waals surface area contributed by atoms with Crippen molar-refractivity contribution in [3.8, 4) is 0 Å². The Morgan fingerprint density at radius 2 is 2.08 bits per heavy atom. The fraction of sp³-hybridized carbons (Fsp3) is 0.350. The molecule has 1 atom stereocenters. The zero-order valence-corrected chi connectivity index (χ0v) is 14.5. The number of aliphatic hydroxyl groups excluding tert-OH is 1. The molecule has 3 heterocycles. The molecule has 1 amide bonds. The van der Waals surface area contributed by atoms with Gasteiger partial charge < -0.3 is 14.8 Å². The van der Waals surface area contributed by atoms with Crippen molar-refractivity contribution in [3.05, 3.63) is 66.4 Å². The van der Waals surface area contributed by atoms with Crippen molar-refractivity contribution in [1.29, 1.82) is 0 Å². The summed E-state index contributed by atoms with van der Waals surface area (Å²) in [7, 11) is 0. The fourth-order valence-corrected chi connectivity index (χ4v) is 3.60. The van der Waals surface area contributed by atoms with Crippen LogP contribution in [0, 0.1) is 5.92 Å². The van der Waals surface area contributed by atoms with E-state index in [1.54, 1.807) is 18.6 Å². The number of aromatic nitrogens is 3. The molecule has 0 bridgehead atoms. The average Bonchev–Trinajstić information content (AvgIpc) is 3.02. The van der Waals surface area contributed by atoms with E-state index in [1.165, 1.54) is 0 Å². The maximum Gasteiger partial charge on any atom is 0.226 e. The highest BCUT2D eigenvalue weighted by molar-refractivity contribution is 5.78. The molecule has 0 spiro atoms. The lowest BCUT2D eigenvalue weighted by Gasteiger charge is -2.38. The number of nitrogens with zero attached hydrogens (tertiary/aromatic N) is 3. The third-order valence-corrected chi connectivity index (χ3v) is 5.11. The summed E-state index contributed by atoms with van der Waals surface area (Å²) in [6, 6.07) is 9.74. The molecule has 2 N–H and O–H groups in total. The Morgan fingerprint density at radius 1 is 1.27 bits per heavy atom. The Morgan fingerprint density at radius 3 is 2.85 bits per heavy atom. The Kier molecular flexibility index (Phi) is 4.67. The summed E-state index contributed by atoms with van der Waals surface area (Å²) in [4.78, 5) is 21.0. The molecule has 3 aromatic rings. The molecule has 4 rings (SSSR count). The van der Waals surface area contributed by atoms with Gasteiger partial charge in [-0.05, 0) is 55.0 Å². The molecule has 1 saturated carbocycles. The van der Waals surface area contributed by atoms with Crippen molar-refractivity contribution in [2.24, 2.45) is 5.92 Å². The largest absolute Gasteiger partial charge is 0.393 e. The van der Waals surface area contributed by atoms with Crippen LogP contribution in [0.3, 0.4) is 0 Å². The van der Waals surface area contributed by atoms with E-state index >= 15 is 0 Å². The van der Waals surface area contributed by atoms with Gasteiger partial charge >= 0.3 is 0 Å². The van der Waals surface area contributed by atoms with E-state index in [4.69, 9.17) is 0 Å². The monoisotopic (exact) mass is 350 g/mol. The number of imidazole rings is 1. The molecule has 6 heteroatoms. The van der Waals surface area contributed by atoms with Crippen LogP contribution in [0.2, 0.25) is 0 Å². The van der Waals surface area contributed by atoms with Crippen LogP contribution in [-0.2, 0) is 17.6 Å². The molecule has 6 nitrogen and oxygen atoms in total. The quantitative estimate of drug-likeness (QED) is 0.710. The minimum atomic E-state index is -0.240. The van der Waals surface area contributed by atoms with Crippen LogP contribution in [0.1, 0.15) is 24.1 Å². The summed E-state index contributed by atoms with van der Waals surface area (Å²) >= 11 is 0. The van der Waals surface area contributed by atoms with Crippen molar-refractivity contribution >= 4 is 11.6 Å². The van der Waals surface area contributed by atoms with Crippen LogP contribution in [0.15, 0.2) is 55.1 Å². The van der Waals surface area contributed by atoms with Crippen molar-refractivity contribution in [2.75, 3.05) is 0 Å². The van der Waals surface area contributed by atoms with Gasteiger partial charge in [0.1, 0.15) is 5.65 Å². The lowest BCUT2D eigenvalue weighted by atomic mass is 9.75. The fourth-order valence-electron chi connectivity index (χ4n) is 3.60. The molecule has 0 radical (unpaired) electrons. The first-order valence-corrected chi connectivity index (χ1v) is 8.96. The van der Waals surface area contributed by atoms with Gasteiger partial charge in [-0.3, -0.25) is 9.78 Å². The Hall–Kier alpha value is -2.73. The zero-order chi connectivity index (χ0) is 17.9. The zero-order valence-electron chi connectivity index (χ0n) is 14.5. The molecule has 26 heavy (non-hydrogen) atoms. The SMILES string of the molecule is O=C(Cc1cnc2ccccn12)N[C@@H](Cc1ccncc1)C1CC(O)C1. The summed E-state index contributed by atoms with van der Waals surface area (Å²) in [5.74, 6) is 0.292. The molecule has 134 valence electrons. The number of fused-ring (bicyclic) bond motifs is 1. The first-order chi connectivity index (χ1) is 12.7. The van der Waals surface area contributed by atoms with Gasteiger partial charge in [-0.25, -0.2) is 4.98 Å². The summed E-state index contributed by atoms with van der Waals surface area (Å²) in [5, 5.41) is 12.8. The van der Waals surface area contributed by atoms with Crippen molar-refractivity contribution in [3.63, 3.8) is 0 Å². The van der Waals surface area contributed by atoms with Crippen LogP contribution in [0.5, 0.6) is 0 Å². The second kappa shape index (κ2) is 7.25. The van der Waals surface area contributed by atoms with Crippen LogP contribution < -0.4 is 5.32 Å². The van der Waals surface area contributed by atoms with E-state index in [-0.39, 0.29) is 24.5 Å². The van der Waals surface area contributed by atoms with Crippen molar-refractivity contribution in [2.45, 2.75) is 37.8 Å². The molecular weight excluding hydrogens is 328 g/mol. The van der Waals surface area contributed by atoms with Crippen molar-refractivity contribution in [1.82, 2.24) is 19.7 Å². The number of nitrogens with one attached hydrogen (secondary N) is 1. The molecule has 0 aliphatic heterocycles. The minimum Gasteiger partial charge on any atom is -0.393 e. The number of carbonyl (C=O) groups excluding carboxylic acids is 1. The topological polar surface area (TPSA) is 79.5 Å². The summed E-state index contributed by atoms with van der Waals surface area (Å²) < 4.78 is 1.94. The summed E-state index contributed by atoms with van der Waals surface area (Å²) in [5.41, 5.74) is 2.85. The van der Waals surface area contributed by atoms with Gasteiger partial charge in [0, 0.05) is 30.8 Å². The molecule has 1 aliphatic rings. The Labute approximate surface area is 151 Å². The lowest BCUT2D eigenvalue weighted by Crippen LogP contribution is -2.48. The van der Waals surface area contributed by atoms with Gasteiger partial charge in [-0.2, -0.15) is 0 Å². The molecule has 0 saturated heterocycles. The van der Waals surface area contributed by atoms with E-state index in [1.807, 2.05) is 40.9 Å². The second-order valence-corrected chi connectivity index (χ2v) is 6.97. The maximum absolute atomic E-state index is 12.7. The van der Waals surface area contributed by atoms with Gasteiger partial charge in [0.15, 0.2) is 0 Å². The van der Waals surface area contributed by atoms with E-state index in [9.17, 15) is 9.90 Å². The number of carbonyl (C=O) groups is 1. The summed E-state index contributed by atoms with van der Waals surface area (Å²) in [6.45, 7) is 0. The van der Waals surface area contributed by atoms with Gasteiger partial charge in [-0.1, -0.05) is 6.07 Å². The number of amides is 1. The smallest absolute Gasteiger partial charge is 0.226 e. The molecule has 1 aliphatic carbocycles. The second-order valence-electron chi connectivity index (χ2n) is 6.97. The Bertz CT molecular complexity index is 887. The highest BCUT2D eigenvalue weighted by atomic mass is 16.3. The van der Waals surface area contributed by atoms with Crippen LogP contribution in [0.25, 0.3) is 5.65 Å². The molecule has 0 aromatic carbocycles. The van der Waals surface area contributed by atoms with Crippen LogP contribution in [0.4, 0.5) is 0 Å². The molecule has 0 unspecified atom stereocenters. The summed E-state index contributed by atoms with van der Waals surface area (Å²) in [6.07, 6.45) is 9.48. The highest BCUT2D eigenvalue weighted by Gasteiger charge is 2.34. The van der Waals surface area contributed by atoms with E-state index in [0.29, 0.717) is 5.92 Å². The normalized spacial score (nSPS) is 20.5. The van der Waals surface area contributed by atoms with Crippen LogP contribution in [-0.4, -0.2) is 37.5 Å². The maximum atomic E-state index is 12.7. The molecule has 1 fully saturated rings. The van der Waals surface area contributed by atoms with E-state index < -0.39 is 0 Å². The first kappa shape index (κ1) is 16.7.